The van der Waals surface area contributed by atoms with Crippen LogP contribution in [0.5, 0.6) is 5.75 Å². The molecule has 0 unspecified atom stereocenters. The maximum Gasteiger partial charge on any atom is 0.305 e. The number of amides is 3. The highest BCUT2D eigenvalue weighted by Gasteiger charge is 2.29. The summed E-state index contributed by atoms with van der Waals surface area (Å²) in [5.74, 6) is -1.03. The molecule has 0 fully saturated rings. The second-order valence-corrected chi connectivity index (χ2v) is 4.78. The van der Waals surface area contributed by atoms with Crippen molar-refractivity contribution in [2.45, 2.75) is 12.5 Å². The van der Waals surface area contributed by atoms with E-state index in [0.29, 0.717) is 11.4 Å². The molecule has 2 heterocycles. The quantitative estimate of drug-likeness (QED) is 0.727. The number of fused-ring (bicyclic) bond motifs is 1. The number of hydrogen-bond acceptors (Lipinski definition) is 5. The molecular weight excluding hydrogens is 302 g/mol. The molecule has 3 N–H and O–H groups in total. The van der Waals surface area contributed by atoms with Gasteiger partial charge in [0.25, 0.3) is 5.91 Å². The lowest BCUT2D eigenvalue weighted by Crippen LogP contribution is -2.46. The van der Waals surface area contributed by atoms with Crippen LogP contribution in [0.25, 0.3) is 0 Å². The fraction of sp³-hybridized carbons (Fsp3) is 0.133. The molecule has 1 atom stereocenters. The van der Waals surface area contributed by atoms with Crippen molar-refractivity contribution in [3.63, 3.8) is 0 Å². The SMILES string of the molecule is O=C(C[C@@H]1Oc2ccccc2NC1=O)NNC(=O)c1ccco1. The minimum Gasteiger partial charge on any atom is -0.478 e. The number of hydrazine groups is 1. The Bertz CT molecular complexity index is 741. The van der Waals surface area contributed by atoms with Gasteiger partial charge in [0.15, 0.2) is 11.9 Å². The van der Waals surface area contributed by atoms with Crippen LogP contribution in [0.2, 0.25) is 0 Å². The van der Waals surface area contributed by atoms with Crippen molar-refractivity contribution in [2.75, 3.05) is 5.32 Å². The minimum absolute atomic E-state index is 0.0610. The summed E-state index contributed by atoms with van der Waals surface area (Å²) in [4.78, 5) is 35.3. The number of ether oxygens (including phenoxy) is 1. The lowest BCUT2D eigenvalue weighted by atomic mass is 10.1. The van der Waals surface area contributed by atoms with Gasteiger partial charge in [0, 0.05) is 0 Å². The molecule has 8 heteroatoms. The molecule has 0 saturated carbocycles. The number of carbonyl (C=O) groups excluding carboxylic acids is 3. The van der Waals surface area contributed by atoms with E-state index in [9.17, 15) is 14.4 Å². The zero-order chi connectivity index (χ0) is 16.2. The van der Waals surface area contributed by atoms with Gasteiger partial charge in [-0.1, -0.05) is 12.1 Å². The number of anilines is 1. The third-order valence-electron chi connectivity index (χ3n) is 3.14. The first-order valence-electron chi connectivity index (χ1n) is 6.83. The first-order valence-corrected chi connectivity index (χ1v) is 6.83. The number of carbonyl (C=O) groups is 3. The number of hydrogen-bond donors (Lipinski definition) is 3. The van der Waals surface area contributed by atoms with Crippen molar-refractivity contribution in [2.24, 2.45) is 0 Å². The topological polar surface area (TPSA) is 110 Å². The molecule has 1 aliphatic rings. The molecule has 2 aromatic rings. The Balaban J connectivity index is 1.54. The van der Waals surface area contributed by atoms with Gasteiger partial charge in [0.05, 0.1) is 18.4 Å². The Kier molecular flexibility index (Phi) is 3.96. The van der Waals surface area contributed by atoms with Crippen molar-refractivity contribution in [1.82, 2.24) is 10.9 Å². The second kappa shape index (κ2) is 6.22. The van der Waals surface area contributed by atoms with E-state index in [1.165, 1.54) is 12.3 Å². The van der Waals surface area contributed by atoms with Crippen LogP contribution < -0.4 is 20.9 Å². The van der Waals surface area contributed by atoms with Crippen LogP contribution in [0.4, 0.5) is 5.69 Å². The maximum absolute atomic E-state index is 11.9. The predicted octanol–water partition coefficient (Wildman–Crippen LogP) is 0.830. The van der Waals surface area contributed by atoms with Crippen molar-refractivity contribution in [3.8, 4) is 5.75 Å². The molecule has 0 saturated heterocycles. The van der Waals surface area contributed by atoms with E-state index < -0.39 is 23.8 Å². The Hall–Kier alpha value is -3.29. The second-order valence-electron chi connectivity index (χ2n) is 4.78. The fourth-order valence-corrected chi connectivity index (χ4v) is 2.04. The summed E-state index contributed by atoms with van der Waals surface area (Å²) in [6.07, 6.45) is 0.137. The van der Waals surface area contributed by atoms with Crippen molar-refractivity contribution >= 4 is 23.4 Å². The minimum atomic E-state index is -0.967. The molecule has 3 amide bonds. The maximum atomic E-state index is 11.9. The van der Waals surface area contributed by atoms with E-state index in [1.54, 1.807) is 30.3 Å². The summed E-state index contributed by atoms with van der Waals surface area (Å²) in [7, 11) is 0. The molecule has 0 bridgehead atoms. The summed E-state index contributed by atoms with van der Waals surface area (Å²) in [5, 5.41) is 2.66. The van der Waals surface area contributed by atoms with Crippen LogP contribution in [0, 0.1) is 0 Å². The van der Waals surface area contributed by atoms with Gasteiger partial charge in [-0.25, -0.2) is 0 Å². The van der Waals surface area contributed by atoms with Gasteiger partial charge < -0.3 is 14.5 Å². The number of rotatable bonds is 3. The average Bonchev–Trinajstić information content (AvgIpc) is 3.08. The fourth-order valence-electron chi connectivity index (χ4n) is 2.04. The molecular formula is C15H13N3O5. The molecule has 3 rings (SSSR count). The molecule has 0 radical (unpaired) electrons. The third-order valence-corrected chi connectivity index (χ3v) is 3.14. The lowest BCUT2D eigenvalue weighted by molar-refractivity contribution is -0.130. The highest BCUT2D eigenvalue weighted by atomic mass is 16.5. The largest absolute Gasteiger partial charge is 0.478 e. The van der Waals surface area contributed by atoms with Crippen molar-refractivity contribution in [3.05, 3.63) is 48.4 Å². The van der Waals surface area contributed by atoms with Gasteiger partial charge in [-0.3, -0.25) is 25.2 Å². The van der Waals surface area contributed by atoms with Gasteiger partial charge in [-0.2, -0.15) is 0 Å². The van der Waals surface area contributed by atoms with Gasteiger partial charge in [-0.15, -0.1) is 0 Å². The van der Waals surface area contributed by atoms with E-state index in [4.69, 9.17) is 9.15 Å². The summed E-state index contributed by atoms with van der Waals surface area (Å²) in [6.45, 7) is 0. The molecule has 0 aliphatic carbocycles. The van der Waals surface area contributed by atoms with Gasteiger partial charge in [-0.05, 0) is 24.3 Å². The number of furan rings is 1. The summed E-state index contributed by atoms with van der Waals surface area (Å²) in [6, 6.07) is 9.92. The molecule has 1 aromatic carbocycles. The summed E-state index contributed by atoms with van der Waals surface area (Å²) >= 11 is 0. The summed E-state index contributed by atoms with van der Waals surface area (Å²) in [5.41, 5.74) is 4.95. The van der Waals surface area contributed by atoms with Crippen LogP contribution in [0.15, 0.2) is 47.1 Å². The third kappa shape index (κ3) is 3.31. The number of benzene rings is 1. The Morgan fingerprint density at radius 2 is 1.96 bits per heavy atom. The van der Waals surface area contributed by atoms with E-state index >= 15 is 0 Å². The van der Waals surface area contributed by atoms with Crippen LogP contribution in [0.1, 0.15) is 17.0 Å². The molecule has 118 valence electrons. The van der Waals surface area contributed by atoms with E-state index in [1.807, 2.05) is 0 Å². The normalized spacial score (nSPS) is 15.8. The Morgan fingerprint density at radius 1 is 1.13 bits per heavy atom. The molecule has 0 spiro atoms. The zero-order valence-corrected chi connectivity index (χ0v) is 11.9. The standard InChI is InChI=1S/C15H13N3O5/c19-13(17-18-15(21)11-6-3-7-22-11)8-12-14(20)16-9-4-1-2-5-10(9)23-12/h1-7,12H,8H2,(H,16,20)(H,17,19)(H,18,21)/t12-/m0/s1. The first-order chi connectivity index (χ1) is 11.1. The number of para-hydroxylation sites is 2. The van der Waals surface area contributed by atoms with E-state index in [2.05, 4.69) is 16.2 Å². The Labute approximate surface area is 130 Å². The molecule has 1 aromatic heterocycles. The van der Waals surface area contributed by atoms with Gasteiger partial charge >= 0.3 is 5.91 Å². The van der Waals surface area contributed by atoms with Crippen LogP contribution in [-0.4, -0.2) is 23.8 Å². The monoisotopic (exact) mass is 315 g/mol. The van der Waals surface area contributed by atoms with Crippen LogP contribution in [-0.2, 0) is 9.59 Å². The van der Waals surface area contributed by atoms with Gasteiger partial charge in [0.1, 0.15) is 5.75 Å². The Morgan fingerprint density at radius 3 is 2.74 bits per heavy atom. The van der Waals surface area contributed by atoms with Gasteiger partial charge in [0.2, 0.25) is 5.91 Å². The highest BCUT2D eigenvalue weighted by molar-refractivity contribution is 6.00. The van der Waals surface area contributed by atoms with E-state index in [0.717, 1.165) is 0 Å². The molecule has 1 aliphatic heterocycles. The predicted molar refractivity (Wildman–Crippen MR) is 78.4 cm³/mol. The van der Waals surface area contributed by atoms with Crippen molar-refractivity contribution < 1.29 is 23.5 Å². The van der Waals surface area contributed by atoms with Crippen LogP contribution in [0.3, 0.4) is 0 Å². The lowest BCUT2D eigenvalue weighted by Gasteiger charge is -2.25. The first kappa shape index (κ1) is 14.6. The molecule has 23 heavy (non-hydrogen) atoms. The van der Waals surface area contributed by atoms with E-state index in [-0.39, 0.29) is 12.2 Å². The highest BCUT2D eigenvalue weighted by Crippen LogP contribution is 2.29. The van der Waals surface area contributed by atoms with Crippen LogP contribution >= 0.6 is 0 Å². The smallest absolute Gasteiger partial charge is 0.305 e. The van der Waals surface area contributed by atoms with Crippen molar-refractivity contribution in [1.29, 1.82) is 0 Å². The molecule has 8 nitrogen and oxygen atoms in total. The average molecular weight is 315 g/mol. The zero-order valence-electron chi connectivity index (χ0n) is 11.9. The number of nitrogens with one attached hydrogen (secondary N) is 3. The summed E-state index contributed by atoms with van der Waals surface area (Å²) < 4.78 is 10.4.